The highest BCUT2D eigenvalue weighted by Crippen LogP contribution is 2.24. The monoisotopic (exact) mass is 294 g/mol. The van der Waals surface area contributed by atoms with Crippen LogP contribution in [0.4, 0.5) is 5.82 Å². The predicted octanol–water partition coefficient (Wildman–Crippen LogP) is 2.82. The fourth-order valence-corrected chi connectivity index (χ4v) is 2.30. The largest absolute Gasteiger partial charge is 0.395 e. The van der Waals surface area contributed by atoms with Gasteiger partial charge in [0.1, 0.15) is 5.82 Å². The lowest BCUT2D eigenvalue weighted by Crippen LogP contribution is -2.26. The lowest BCUT2D eigenvalue weighted by Gasteiger charge is -2.21. The zero-order valence-corrected chi connectivity index (χ0v) is 11.3. The number of aliphatic hydroxyl groups excluding tert-OH is 1. The molecule has 90 valence electrons. The topological polar surface area (TPSA) is 36.4 Å². The van der Waals surface area contributed by atoms with Crippen molar-refractivity contribution >= 4 is 32.7 Å². The van der Waals surface area contributed by atoms with Gasteiger partial charge in [0.2, 0.25) is 0 Å². The highest BCUT2D eigenvalue weighted by molar-refractivity contribution is 9.10. The van der Waals surface area contributed by atoms with Crippen LogP contribution in [-0.4, -0.2) is 29.8 Å². The van der Waals surface area contributed by atoms with E-state index >= 15 is 0 Å². The summed E-state index contributed by atoms with van der Waals surface area (Å²) in [5, 5.41) is 10.1. The van der Waals surface area contributed by atoms with Crippen LogP contribution in [0.2, 0.25) is 0 Å². The number of para-hydroxylation sites is 1. The van der Waals surface area contributed by atoms with Crippen molar-refractivity contribution in [1.29, 1.82) is 0 Å². The number of rotatable bonds is 4. The van der Waals surface area contributed by atoms with Crippen LogP contribution in [0.15, 0.2) is 34.8 Å². The molecule has 4 heteroatoms. The number of halogens is 1. The molecule has 2 rings (SSSR count). The summed E-state index contributed by atoms with van der Waals surface area (Å²) >= 11 is 3.51. The zero-order chi connectivity index (χ0) is 12.3. The van der Waals surface area contributed by atoms with Gasteiger partial charge in [-0.3, -0.25) is 0 Å². The SMILES string of the molecule is CCN(CCO)c1ccc2cccc(Br)c2n1. The summed E-state index contributed by atoms with van der Waals surface area (Å²) in [7, 11) is 0. The molecule has 0 aliphatic heterocycles. The normalized spacial score (nSPS) is 10.8. The molecule has 1 aromatic heterocycles. The molecule has 0 saturated carbocycles. The molecule has 0 fully saturated rings. The van der Waals surface area contributed by atoms with E-state index in [0.29, 0.717) is 6.54 Å². The number of aromatic nitrogens is 1. The third kappa shape index (κ3) is 2.58. The molecule has 0 aliphatic rings. The predicted molar refractivity (Wildman–Crippen MR) is 74.4 cm³/mol. The van der Waals surface area contributed by atoms with Crippen LogP contribution in [0.3, 0.4) is 0 Å². The van der Waals surface area contributed by atoms with Crippen LogP contribution in [0, 0.1) is 0 Å². The van der Waals surface area contributed by atoms with E-state index in [1.54, 1.807) is 0 Å². The van der Waals surface area contributed by atoms with Crippen molar-refractivity contribution in [3.63, 3.8) is 0 Å². The smallest absolute Gasteiger partial charge is 0.129 e. The minimum Gasteiger partial charge on any atom is -0.395 e. The standard InChI is InChI=1S/C13H15BrN2O/c1-2-16(8-9-17)12-7-6-10-4-3-5-11(14)13(10)15-12/h3-7,17H,2,8-9H2,1H3. The molecule has 0 bridgehead atoms. The highest BCUT2D eigenvalue weighted by atomic mass is 79.9. The van der Waals surface area contributed by atoms with E-state index in [4.69, 9.17) is 5.11 Å². The number of fused-ring (bicyclic) bond motifs is 1. The van der Waals surface area contributed by atoms with E-state index < -0.39 is 0 Å². The van der Waals surface area contributed by atoms with E-state index in [1.807, 2.05) is 24.3 Å². The number of nitrogens with zero attached hydrogens (tertiary/aromatic N) is 2. The molecule has 2 aromatic rings. The van der Waals surface area contributed by atoms with Crippen molar-refractivity contribution in [2.24, 2.45) is 0 Å². The van der Waals surface area contributed by atoms with Crippen LogP contribution in [0.25, 0.3) is 10.9 Å². The van der Waals surface area contributed by atoms with E-state index in [2.05, 4.69) is 38.8 Å². The average molecular weight is 295 g/mol. The maximum atomic E-state index is 9.02. The summed E-state index contributed by atoms with van der Waals surface area (Å²) in [4.78, 5) is 6.69. The molecule has 17 heavy (non-hydrogen) atoms. The van der Waals surface area contributed by atoms with Gasteiger partial charge in [0.05, 0.1) is 12.1 Å². The Labute approximate surface area is 109 Å². The van der Waals surface area contributed by atoms with Gasteiger partial charge in [-0.05, 0) is 41.1 Å². The van der Waals surface area contributed by atoms with E-state index in [-0.39, 0.29) is 6.61 Å². The van der Waals surface area contributed by atoms with Gasteiger partial charge >= 0.3 is 0 Å². The van der Waals surface area contributed by atoms with Gasteiger partial charge in [-0.2, -0.15) is 0 Å². The van der Waals surface area contributed by atoms with Gasteiger partial charge in [-0.1, -0.05) is 12.1 Å². The Morgan fingerprint density at radius 1 is 1.29 bits per heavy atom. The second-order valence-corrected chi connectivity index (χ2v) is 4.64. The molecular formula is C13H15BrN2O. The van der Waals surface area contributed by atoms with Gasteiger partial charge in [0.15, 0.2) is 0 Å². The second kappa shape index (κ2) is 5.47. The zero-order valence-electron chi connectivity index (χ0n) is 9.73. The number of hydrogen-bond donors (Lipinski definition) is 1. The summed E-state index contributed by atoms with van der Waals surface area (Å²) in [5.74, 6) is 0.904. The van der Waals surface area contributed by atoms with Crippen molar-refractivity contribution in [3.8, 4) is 0 Å². The molecule has 0 radical (unpaired) electrons. The number of anilines is 1. The van der Waals surface area contributed by atoms with Crippen molar-refractivity contribution < 1.29 is 5.11 Å². The molecule has 1 N–H and O–H groups in total. The third-order valence-corrected chi connectivity index (χ3v) is 3.37. The molecule has 0 aliphatic carbocycles. The fraction of sp³-hybridized carbons (Fsp3) is 0.308. The Morgan fingerprint density at radius 2 is 2.12 bits per heavy atom. The van der Waals surface area contributed by atoms with E-state index in [9.17, 15) is 0 Å². The first-order chi connectivity index (χ1) is 8.26. The quantitative estimate of drug-likeness (QED) is 0.942. The Hall–Kier alpha value is -1.13. The van der Waals surface area contributed by atoms with Crippen LogP contribution in [-0.2, 0) is 0 Å². The minimum atomic E-state index is 0.142. The van der Waals surface area contributed by atoms with Crippen LogP contribution >= 0.6 is 15.9 Å². The maximum absolute atomic E-state index is 9.02. The molecule has 0 saturated heterocycles. The lowest BCUT2D eigenvalue weighted by atomic mass is 10.2. The number of hydrogen-bond acceptors (Lipinski definition) is 3. The Kier molecular flexibility index (Phi) is 3.97. The summed E-state index contributed by atoms with van der Waals surface area (Å²) in [5.41, 5.74) is 0.960. The molecule has 1 aromatic carbocycles. The van der Waals surface area contributed by atoms with Crippen LogP contribution < -0.4 is 4.90 Å². The first kappa shape index (κ1) is 12.3. The number of benzene rings is 1. The fourth-order valence-electron chi connectivity index (χ4n) is 1.83. The summed E-state index contributed by atoms with van der Waals surface area (Å²) < 4.78 is 0.997. The number of pyridine rings is 1. The van der Waals surface area contributed by atoms with E-state index in [1.165, 1.54) is 0 Å². The average Bonchev–Trinajstić information content (AvgIpc) is 2.36. The first-order valence-electron chi connectivity index (χ1n) is 5.67. The first-order valence-corrected chi connectivity index (χ1v) is 6.46. The van der Waals surface area contributed by atoms with Gasteiger partial charge in [0, 0.05) is 22.9 Å². The molecule has 0 atom stereocenters. The number of likely N-dealkylation sites (N-methyl/N-ethyl adjacent to an activating group) is 1. The van der Waals surface area contributed by atoms with Gasteiger partial charge < -0.3 is 10.0 Å². The van der Waals surface area contributed by atoms with Crippen molar-refractivity contribution in [2.75, 3.05) is 24.6 Å². The third-order valence-electron chi connectivity index (χ3n) is 2.73. The lowest BCUT2D eigenvalue weighted by molar-refractivity contribution is 0.302. The molecule has 0 unspecified atom stereocenters. The molecule has 1 heterocycles. The second-order valence-electron chi connectivity index (χ2n) is 3.78. The highest BCUT2D eigenvalue weighted by Gasteiger charge is 2.07. The summed E-state index contributed by atoms with van der Waals surface area (Å²) in [6.07, 6.45) is 0. The summed E-state index contributed by atoms with van der Waals surface area (Å²) in [6.45, 7) is 3.65. The van der Waals surface area contributed by atoms with Crippen LogP contribution in [0.1, 0.15) is 6.92 Å². The van der Waals surface area contributed by atoms with E-state index in [0.717, 1.165) is 27.7 Å². The molecule has 0 spiro atoms. The van der Waals surface area contributed by atoms with Gasteiger partial charge in [-0.15, -0.1) is 0 Å². The van der Waals surface area contributed by atoms with Crippen molar-refractivity contribution in [2.45, 2.75) is 6.92 Å². The molecule has 3 nitrogen and oxygen atoms in total. The molecular weight excluding hydrogens is 280 g/mol. The van der Waals surface area contributed by atoms with Gasteiger partial charge in [0.25, 0.3) is 0 Å². The van der Waals surface area contributed by atoms with Gasteiger partial charge in [-0.25, -0.2) is 4.98 Å². The Morgan fingerprint density at radius 3 is 2.82 bits per heavy atom. The summed E-state index contributed by atoms with van der Waals surface area (Å²) in [6, 6.07) is 10.1. The number of aliphatic hydroxyl groups is 1. The van der Waals surface area contributed by atoms with Crippen molar-refractivity contribution in [3.05, 3.63) is 34.8 Å². The van der Waals surface area contributed by atoms with Crippen LogP contribution in [0.5, 0.6) is 0 Å². The maximum Gasteiger partial charge on any atom is 0.129 e. The molecule has 0 amide bonds. The Balaban J connectivity index is 2.46. The Bertz CT molecular complexity index is 516. The van der Waals surface area contributed by atoms with Crippen molar-refractivity contribution in [1.82, 2.24) is 4.98 Å². The minimum absolute atomic E-state index is 0.142.